The number of halogens is 1. The van der Waals surface area contributed by atoms with Crippen molar-refractivity contribution >= 4 is 23.0 Å². The molecule has 11 heavy (non-hydrogen) atoms. The normalized spacial score (nSPS) is 20.8. The van der Waals surface area contributed by atoms with E-state index in [-0.39, 0.29) is 17.0 Å². The van der Waals surface area contributed by atoms with Crippen molar-refractivity contribution in [1.29, 1.82) is 0 Å². The molecule has 1 rings (SSSR count). The van der Waals surface area contributed by atoms with Crippen molar-refractivity contribution < 1.29 is 9.90 Å². The summed E-state index contributed by atoms with van der Waals surface area (Å²) < 4.78 is 0. The van der Waals surface area contributed by atoms with E-state index in [4.69, 9.17) is 5.11 Å². The summed E-state index contributed by atoms with van der Waals surface area (Å²) in [5.41, 5.74) is -0.597. The summed E-state index contributed by atoms with van der Waals surface area (Å²) in [6, 6.07) is 0. The second kappa shape index (κ2) is 4.07. The molecule has 0 unspecified atom stereocenters. The van der Waals surface area contributed by atoms with Crippen molar-refractivity contribution in [3.63, 3.8) is 0 Å². The Morgan fingerprint density at radius 2 is 1.91 bits per heavy atom. The van der Waals surface area contributed by atoms with Gasteiger partial charge >= 0.3 is 5.97 Å². The van der Waals surface area contributed by atoms with E-state index >= 15 is 0 Å². The third kappa shape index (κ3) is 1.93. The lowest BCUT2D eigenvalue weighted by atomic mass is 9.99. The average Bonchev–Trinajstić information content (AvgIpc) is 2.35. The summed E-state index contributed by atoms with van der Waals surface area (Å²) in [7, 11) is 1.72. The van der Waals surface area contributed by atoms with E-state index in [0.29, 0.717) is 0 Å². The van der Waals surface area contributed by atoms with Gasteiger partial charge in [-0.1, -0.05) is 12.8 Å². The molecule has 0 radical (unpaired) electrons. The topological polar surface area (TPSA) is 49.3 Å². The Bertz CT molecular complexity index is 143. The molecule has 0 atom stereocenters. The number of aliphatic carboxylic acids is 1. The quantitative estimate of drug-likeness (QED) is 0.740. The van der Waals surface area contributed by atoms with Gasteiger partial charge in [0.1, 0.15) is 5.54 Å². The van der Waals surface area contributed by atoms with Crippen molar-refractivity contribution in [3.05, 3.63) is 0 Å². The zero-order valence-electron chi connectivity index (χ0n) is 6.59. The summed E-state index contributed by atoms with van der Waals surface area (Å²) >= 11 is 0. The van der Waals surface area contributed by atoms with E-state index in [1.54, 1.807) is 7.05 Å². The molecule has 0 spiro atoms. The van der Waals surface area contributed by atoms with Gasteiger partial charge in [0.25, 0.3) is 0 Å². The summed E-state index contributed by atoms with van der Waals surface area (Å²) in [6.45, 7) is 0. The predicted octanol–water partition coefficient (Wildman–Crippen LogP) is 1.18. The molecule has 1 aliphatic rings. The van der Waals surface area contributed by atoms with Crippen LogP contribution in [-0.2, 0) is 4.79 Å². The lowest BCUT2D eigenvalue weighted by Gasteiger charge is -2.22. The van der Waals surface area contributed by atoms with Crippen molar-refractivity contribution in [3.8, 4) is 0 Å². The summed E-state index contributed by atoms with van der Waals surface area (Å²) in [6.07, 6.45) is 3.62. The van der Waals surface area contributed by atoms with Gasteiger partial charge in [0.2, 0.25) is 0 Å². The number of carboxylic acid groups (broad SMARTS) is 1. The van der Waals surface area contributed by atoms with Crippen molar-refractivity contribution in [2.45, 2.75) is 31.2 Å². The summed E-state index contributed by atoms with van der Waals surface area (Å²) in [5, 5.41) is 11.7. The van der Waals surface area contributed by atoms with Crippen LogP contribution in [0.4, 0.5) is 0 Å². The van der Waals surface area contributed by atoms with Crippen LogP contribution in [0.3, 0.4) is 0 Å². The lowest BCUT2D eigenvalue weighted by molar-refractivity contribution is -0.144. The molecule has 0 saturated heterocycles. The maximum Gasteiger partial charge on any atom is 0.323 e. The third-order valence-corrected chi connectivity index (χ3v) is 2.35. The molecule has 3 nitrogen and oxygen atoms in total. The molecule has 66 valence electrons. The van der Waals surface area contributed by atoms with E-state index in [2.05, 4.69) is 5.32 Å². The Morgan fingerprint density at radius 3 is 2.09 bits per heavy atom. The molecule has 4 heteroatoms. The number of hydrogen-bond donors (Lipinski definition) is 2. The van der Waals surface area contributed by atoms with Gasteiger partial charge in [-0.05, 0) is 19.9 Å². The van der Waals surface area contributed by atoms with Gasteiger partial charge < -0.3 is 10.4 Å². The molecule has 2 N–H and O–H groups in total. The second-order valence-electron chi connectivity index (χ2n) is 2.84. The monoisotopic (exact) mass is 223 g/mol. The second-order valence-corrected chi connectivity index (χ2v) is 2.84. The van der Waals surface area contributed by atoms with Crippen LogP contribution in [0.15, 0.2) is 0 Å². The van der Waals surface area contributed by atoms with E-state index in [1.807, 2.05) is 0 Å². The van der Waals surface area contributed by atoms with Gasteiger partial charge in [-0.3, -0.25) is 4.79 Å². The van der Waals surface area contributed by atoms with Gasteiger partial charge in [0, 0.05) is 0 Å². The molecule has 1 fully saturated rings. The van der Waals surface area contributed by atoms with Crippen LogP contribution in [-0.4, -0.2) is 23.7 Å². The first-order chi connectivity index (χ1) is 4.71. The lowest BCUT2D eigenvalue weighted by Crippen LogP contribution is -2.47. The van der Waals surface area contributed by atoms with Gasteiger partial charge in [0.05, 0.1) is 0 Å². The molecule has 0 aromatic carbocycles. The number of nitrogens with one attached hydrogen (secondary N) is 1. The van der Waals surface area contributed by atoms with E-state index in [9.17, 15) is 4.79 Å². The molecular formula is C7H14BrNO2. The highest BCUT2D eigenvalue weighted by Crippen LogP contribution is 2.29. The fraction of sp³-hybridized carbons (Fsp3) is 0.857. The van der Waals surface area contributed by atoms with Crippen molar-refractivity contribution in [2.24, 2.45) is 0 Å². The van der Waals surface area contributed by atoms with Crippen LogP contribution >= 0.6 is 17.0 Å². The minimum absolute atomic E-state index is 0. The molecule has 1 saturated carbocycles. The Balaban J connectivity index is 0.000001000. The predicted molar refractivity (Wildman–Crippen MR) is 48.2 cm³/mol. The summed E-state index contributed by atoms with van der Waals surface area (Å²) in [4.78, 5) is 10.7. The molecule has 0 heterocycles. The first kappa shape index (κ1) is 10.9. The largest absolute Gasteiger partial charge is 0.480 e. The number of rotatable bonds is 2. The maximum absolute atomic E-state index is 10.7. The minimum atomic E-state index is -0.701. The molecule has 1 aliphatic carbocycles. The number of likely N-dealkylation sites (N-methyl/N-ethyl adjacent to an activating group) is 1. The number of carboxylic acids is 1. The van der Waals surface area contributed by atoms with Gasteiger partial charge in [0.15, 0.2) is 0 Å². The van der Waals surface area contributed by atoms with Crippen LogP contribution < -0.4 is 5.32 Å². The highest BCUT2D eigenvalue weighted by molar-refractivity contribution is 8.93. The molecular weight excluding hydrogens is 210 g/mol. The fourth-order valence-electron chi connectivity index (χ4n) is 1.55. The number of hydrogen-bond acceptors (Lipinski definition) is 2. The van der Waals surface area contributed by atoms with E-state index in [0.717, 1.165) is 25.7 Å². The van der Waals surface area contributed by atoms with Gasteiger partial charge in [-0.25, -0.2) is 0 Å². The molecule has 0 aromatic rings. The first-order valence-electron chi connectivity index (χ1n) is 3.63. The van der Waals surface area contributed by atoms with Crippen LogP contribution in [0.5, 0.6) is 0 Å². The maximum atomic E-state index is 10.7. The average molecular weight is 224 g/mol. The van der Waals surface area contributed by atoms with Crippen LogP contribution in [0.1, 0.15) is 25.7 Å². The minimum Gasteiger partial charge on any atom is -0.480 e. The first-order valence-corrected chi connectivity index (χ1v) is 3.63. The Hall–Kier alpha value is -0.0900. The number of carbonyl (C=O) groups is 1. The van der Waals surface area contributed by atoms with Gasteiger partial charge in [-0.2, -0.15) is 0 Å². The zero-order chi connectivity index (χ0) is 7.61. The van der Waals surface area contributed by atoms with Crippen LogP contribution in [0, 0.1) is 0 Å². The van der Waals surface area contributed by atoms with E-state index < -0.39 is 11.5 Å². The molecule has 0 aromatic heterocycles. The smallest absolute Gasteiger partial charge is 0.323 e. The van der Waals surface area contributed by atoms with Crippen molar-refractivity contribution in [1.82, 2.24) is 5.32 Å². The SMILES string of the molecule is Br.CNC1(C(=O)O)CCCC1. The Kier molecular flexibility index (Phi) is 4.03. The zero-order valence-corrected chi connectivity index (χ0v) is 8.31. The fourth-order valence-corrected chi connectivity index (χ4v) is 1.55. The molecule has 0 bridgehead atoms. The van der Waals surface area contributed by atoms with E-state index in [1.165, 1.54) is 0 Å². The third-order valence-electron chi connectivity index (χ3n) is 2.35. The van der Waals surface area contributed by atoms with Crippen molar-refractivity contribution in [2.75, 3.05) is 7.05 Å². The highest BCUT2D eigenvalue weighted by Gasteiger charge is 2.39. The standard InChI is InChI=1S/C7H13NO2.BrH/c1-8-7(6(9)10)4-2-3-5-7;/h8H,2-5H2,1H3,(H,9,10);1H. The highest BCUT2D eigenvalue weighted by atomic mass is 79.9. The Morgan fingerprint density at radius 1 is 1.45 bits per heavy atom. The molecule has 0 amide bonds. The van der Waals surface area contributed by atoms with Crippen LogP contribution in [0.2, 0.25) is 0 Å². The van der Waals surface area contributed by atoms with Crippen LogP contribution in [0.25, 0.3) is 0 Å². The molecule has 0 aliphatic heterocycles. The Labute approximate surface area is 76.9 Å². The van der Waals surface area contributed by atoms with Gasteiger partial charge in [-0.15, -0.1) is 17.0 Å². The summed E-state index contributed by atoms with van der Waals surface area (Å²) in [5.74, 6) is -0.701.